The maximum absolute atomic E-state index is 7.76. The van der Waals surface area contributed by atoms with Gasteiger partial charge in [-0.2, -0.15) is 0 Å². The van der Waals surface area contributed by atoms with Crippen molar-refractivity contribution in [3.05, 3.63) is 34.8 Å². The number of nitrogens with two attached hydrogens (primary N) is 1. The summed E-state index contributed by atoms with van der Waals surface area (Å²) < 4.78 is 38.2. The van der Waals surface area contributed by atoms with Crippen molar-refractivity contribution in [1.82, 2.24) is 4.98 Å². The van der Waals surface area contributed by atoms with E-state index in [0.29, 0.717) is 0 Å². The first kappa shape index (κ1) is 3.75. The molecule has 12 heavy (non-hydrogen) atoms. The third-order valence-corrected chi connectivity index (χ3v) is 2.02. The van der Waals surface area contributed by atoms with Crippen molar-refractivity contribution in [2.45, 2.75) is 0 Å². The third kappa shape index (κ3) is 1.06. The van der Waals surface area contributed by atoms with Crippen molar-refractivity contribution in [1.29, 1.82) is 0 Å². The SMILES string of the molecule is [2H]c1nc2c(N)c([2H])c([2H])c(Br)c2c([2H])c1[2H]. The molecular weight excluding hydrogens is 216 g/mol. The lowest BCUT2D eigenvalue weighted by molar-refractivity contribution is 1.41. The van der Waals surface area contributed by atoms with Crippen LogP contribution in [0.2, 0.25) is 0 Å². The standard InChI is InChI=1S/C9H7BrN2/c10-7-3-4-8(11)9-6(7)2-1-5-12-9/h1-5H,11H2/i1D,2D,3D,4D,5D. The third-order valence-electron chi connectivity index (χ3n) is 1.43. The Morgan fingerprint density at radius 1 is 1.42 bits per heavy atom. The van der Waals surface area contributed by atoms with Crippen LogP contribution >= 0.6 is 15.9 Å². The number of fused-ring (bicyclic) bond motifs is 1. The number of nitrogen functional groups attached to an aromatic ring is 1. The van der Waals surface area contributed by atoms with Gasteiger partial charge in [-0.15, -0.1) is 0 Å². The molecule has 0 unspecified atom stereocenters. The van der Waals surface area contributed by atoms with E-state index in [9.17, 15) is 0 Å². The smallest absolute Gasteiger partial charge is 0.0942 e. The molecule has 2 nitrogen and oxygen atoms in total. The molecule has 0 aliphatic rings. The second-order valence-electron chi connectivity index (χ2n) is 2.17. The Balaban J connectivity index is 3.12. The minimum Gasteiger partial charge on any atom is -0.397 e. The molecule has 0 spiro atoms. The molecule has 0 aliphatic heterocycles. The molecule has 0 aliphatic carbocycles. The summed E-state index contributed by atoms with van der Waals surface area (Å²) >= 11 is 3.11. The number of benzene rings is 1. The van der Waals surface area contributed by atoms with E-state index in [1.807, 2.05) is 0 Å². The number of hydrogen-bond donors (Lipinski definition) is 1. The lowest BCUT2D eigenvalue weighted by Gasteiger charge is -2.01. The van der Waals surface area contributed by atoms with Crippen molar-refractivity contribution in [3.63, 3.8) is 0 Å². The van der Waals surface area contributed by atoms with E-state index in [1.54, 1.807) is 0 Å². The van der Waals surface area contributed by atoms with E-state index in [4.69, 9.17) is 12.6 Å². The molecule has 2 N–H and O–H groups in total. The molecule has 0 saturated heterocycles. The van der Waals surface area contributed by atoms with Crippen LogP contribution in [0, 0.1) is 0 Å². The number of halogens is 1. The summed E-state index contributed by atoms with van der Waals surface area (Å²) in [6.07, 6.45) is -0.363. The summed E-state index contributed by atoms with van der Waals surface area (Å²) in [6.45, 7) is 0. The van der Waals surface area contributed by atoms with Crippen LogP contribution < -0.4 is 5.73 Å². The molecule has 0 atom stereocenters. The molecule has 0 bridgehead atoms. The highest BCUT2D eigenvalue weighted by Gasteiger charge is 2.00. The van der Waals surface area contributed by atoms with Gasteiger partial charge in [-0.1, -0.05) is 22.0 Å². The average molecular weight is 228 g/mol. The van der Waals surface area contributed by atoms with Crippen molar-refractivity contribution in [3.8, 4) is 0 Å². The highest BCUT2D eigenvalue weighted by atomic mass is 79.9. The molecule has 3 heteroatoms. The van der Waals surface area contributed by atoms with Gasteiger partial charge in [0.25, 0.3) is 0 Å². The van der Waals surface area contributed by atoms with Gasteiger partial charge in [0.2, 0.25) is 0 Å². The second kappa shape index (κ2) is 2.75. The average Bonchev–Trinajstić information content (AvgIpc) is 2.30. The Morgan fingerprint density at radius 3 is 3.08 bits per heavy atom. The van der Waals surface area contributed by atoms with Crippen LogP contribution in [0.3, 0.4) is 0 Å². The molecule has 60 valence electrons. The van der Waals surface area contributed by atoms with Crippen LogP contribution in [-0.2, 0) is 0 Å². The summed E-state index contributed by atoms with van der Waals surface area (Å²) in [5.41, 5.74) is 5.73. The molecule has 1 aromatic heterocycles. The summed E-state index contributed by atoms with van der Waals surface area (Å²) in [5.74, 6) is 0. The molecule has 0 fully saturated rings. The molecule has 1 aromatic carbocycles. The van der Waals surface area contributed by atoms with Crippen molar-refractivity contribution >= 4 is 32.5 Å². The number of aromatic nitrogens is 1. The molecular formula is C9H7BrN2. The van der Waals surface area contributed by atoms with E-state index >= 15 is 0 Å². The van der Waals surface area contributed by atoms with Gasteiger partial charge in [0.15, 0.2) is 0 Å². The maximum Gasteiger partial charge on any atom is 0.0942 e. The predicted octanol–water partition coefficient (Wildman–Crippen LogP) is 2.58. The highest BCUT2D eigenvalue weighted by molar-refractivity contribution is 9.10. The largest absolute Gasteiger partial charge is 0.397 e. The normalized spacial score (nSPS) is 16.2. The van der Waals surface area contributed by atoms with Gasteiger partial charge in [0.05, 0.1) is 18.1 Å². The Labute approximate surface area is 85.6 Å². The first-order valence-electron chi connectivity index (χ1n) is 5.67. The van der Waals surface area contributed by atoms with Gasteiger partial charge in [-0.25, -0.2) is 0 Å². The first-order valence-corrected chi connectivity index (χ1v) is 3.97. The van der Waals surface area contributed by atoms with E-state index in [-0.39, 0.29) is 51.4 Å². The van der Waals surface area contributed by atoms with Crippen LogP contribution in [0.5, 0.6) is 0 Å². The quantitative estimate of drug-likeness (QED) is 0.704. The van der Waals surface area contributed by atoms with Gasteiger partial charge >= 0.3 is 0 Å². The lowest BCUT2D eigenvalue weighted by atomic mass is 10.2. The van der Waals surface area contributed by atoms with Crippen molar-refractivity contribution in [2.24, 2.45) is 0 Å². The second-order valence-corrected chi connectivity index (χ2v) is 2.97. The number of hydrogen-bond acceptors (Lipinski definition) is 2. The zero-order valence-corrected chi connectivity index (χ0v) is 7.49. The monoisotopic (exact) mass is 227 g/mol. The molecule has 0 saturated carbocycles. The number of nitrogens with zero attached hydrogens (tertiary/aromatic N) is 1. The first-order chi connectivity index (χ1) is 7.86. The van der Waals surface area contributed by atoms with Gasteiger partial charge in [-0.3, -0.25) is 4.98 Å². The summed E-state index contributed by atoms with van der Waals surface area (Å²) in [5, 5.41) is 0.199. The number of anilines is 1. The molecule has 2 aromatic rings. The Kier molecular flexibility index (Phi) is 0.859. The van der Waals surface area contributed by atoms with Crippen LogP contribution in [0.25, 0.3) is 10.9 Å². The Hall–Kier alpha value is -1.09. The van der Waals surface area contributed by atoms with E-state index in [0.717, 1.165) is 0 Å². The molecule has 2 rings (SSSR count). The summed E-state index contributed by atoms with van der Waals surface area (Å²) in [4.78, 5) is 3.80. The fraction of sp³-hybridized carbons (Fsp3) is 0. The highest BCUT2D eigenvalue weighted by Crippen LogP contribution is 2.25. The van der Waals surface area contributed by atoms with Gasteiger partial charge in [0.1, 0.15) is 0 Å². The topological polar surface area (TPSA) is 38.9 Å². The van der Waals surface area contributed by atoms with Gasteiger partial charge < -0.3 is 5.73 Å². The van der Waals surface area contributed by atoms with Gasteiger partial charge in [0, 0.05) is 16.0 Å². The fourth-order valence-electron chi connectivity index (χ4n) is 0.887. The van der Waals surface area contributed by atoms with Crippen LogP contribution in [0.15, 0.2) is 34.8 Å². The summed E-state index contributed by atoms with van der Waals surface area (Å²) in [7, 11) is 0. The number of rotatable bonds is 0. The zero-order chi connectivity index (χ0) is 12.9. The number of pyridine rings is 1. The Bertz CT molecular complexity index is 635. The summed E-state index contributed by atoms with van der Waals surface area (Å²) in [6, 6.07) is -0.891. The Morgan fingerprint density at radius 2 is 2.25 bits per heavy atom. The molecule has 0 radical (unpaired) electrons. The minimum absolute atomic E-state index is 0.0461. The zero-order valence-electron chi connectivity index (χ0n) is 10.9. The van der Waals surface area contributed by atoms with E-state index in [2.05, 4.69) is 20.9 Å². The van der Waals surface area contributed by atoms with Crippen molar-refractivity contribution < 1.29 is 6.85 Å². The van der Waals surface area contributed by atoms with Crippen molar-refractivity contribution in [2.75, 3.05) is 5.73 Å². The van der Waals surface area contributed by atoms with E-state index in [1.165, 1.54) is 0 Å². The maximum atomic E-state index is 7.76. The van der Waals surface area contributed by atoms with E-state index < -0.39 is 0 Å². The fourth-order valence-corrected chi connectivity index (χ4v) is 1.27. The lowest BCUT2D eigenvalue weighted by Crippen LogP contribution is -1.88. The van der Waals surface area contributed by atoms with Gasteiger partial charge in [-0.05, 0) is 18.1 Å². The minimum atomic E-state index is -0.363. The predicted molar refractivity (Wildman–Crippen MR) is 53.9 cm³/mol. The molecule has 1 heterocycles. The van der Waals surface area contributed by atoms with Crippen LogP contribution in [-0.4, -0.2) is 4.98 Å². The van der Waals surface area contributed by atoms with Crippen LogP contribution in [0.1, 0.15) is 6.85 Å². The van der Waals surface area contributed by atoms with Crippen LogP contribution in [0.4, 0.5) is 5.69 Å². The molecule has 0 amide bonds.